The van der Waals surface area contributed by atoms with Crippen molar-refractivity contribution < 1.29 is 42.9 Å². The van der Waals surface area contributed by atoms with E-state index in [4.69, 9.17) is 18.9 Å². The zero-order valence-corrected chi connectivity index (χ0v) is 65.6. The summed E-state index contributed by atoms with van der Waals surface area (Å²) >= 11 is 0. The minimum Gasteiger partial charge on any atom is -0.477 e. The molecule has 570 valence electrons. The SMILES string of the molecule is CCCCCCCCCC/C=C\CCCCCCCCCCCCCCCCCCCCCCCCCC(=O)OC(COC(=O)CCCCCCCCCCCCCCCCCCCCCCCCCCCCCCCCCCCCCC)COC(OCC[N+](C)(C)C)C(=O)O. The second kappa shape index (κ2) is 78.7. The summed E-state index contributed by atoms with van der Waals surface area (Å²) in [6.45, 7) is 4.98. The van der Waals surface area contributed by atoms with E-state index in [0.29, 0.717) is 17.4 Å². The molecule has 0 radical (unpaired) electrons. The number of carbonyl (C=O) groups excluding carboxylic acids is 2. The van der Waals surface area contributed by atoms with Gasteiger partial charge in [0.2, 0.25) is 0 Å². The summed E-state index contributed by atoms with van der Waals surface area (Å²) in [4.78, 5) is 37.8. The van der Waals surface area contributed by atoms with Crippen molar-refractivity contribution in [3.8, 4) is 0 Å². The van der Waals surface area contributed by atoms with Crippen LogP contribution in [0.2, 0.25) is 0 Å². The van der Waals surface area contributed by atoms with Gasteiger partial charge in [0, 0.05) is 12.8 Å². The van der Waals surface area contributed by atoms with Gasteiger partial charge in [0.05, 0.1) is 34.4 Å². The molecule has 0 aliphatic heterocycles. The van der Waals surface area contributed by atoms with E-state index in [1.165, 1.54) is 405 Å². The number of carbonyl (C=O) groups is 3. The highest BCUT2D eigenvalue weighted by Gasteiger charge is 2.25. The summed E-state index contributed by atoms with van der Waals surface area (Å²) < 4.78 is 23.1. The molecule has 2 unspecified atom stereocenters. The van der Waals surface area contributed by atoms with E-state index in [2.05, 4.69) is 26.0 Å². The van der Waals surface area contributed by atoms with Crippen molar-refractivity contribution in [3.05, 3.63) is 12.2 Å². The third kappa shape index (κ3) is 79.4. The van der Waals surface area contributed by atoms with Gasteiger partial charge in [0.1, 0.15) is 13.2 Å². The zero-order chi connectivity index (χ0) is 69.7. The molecule has 0 bridgehead atoms. The number of likely N-dealkylation sites (N-methyl/N-ethyl adjacent to an activating group) is 1. The van der Waals surface area contributed by atoms with Crippen molar-refractivity contribution in [2.24, 2.45) is 0 Å². The Bertz CT molecular complexity index is 1580. The molecular weight excluding hydrogens is 1190 g/mol. The minimum atomic E-state index is -1.51. The molecule has 0 aliphatic carbocycles. The molecule has 0 saturated heterocycles. The molecule has 96 heavy (non-hydrogen) atoms. The van der Waals surface area contributed by atoms with Crippen LogP contribution in [0.15, 0.2) is 12.2 Å². The maximum absolute atomic E-state index is 13.0. The third-order valence-corrected chi connectivity index (χ3v) is 20.3. The molecule has 0 saturated carbocycles. The first kappa shape index (κ1) is 94.0. The first-order valence-corrected chi connectivity index (χ1v) is 43.4. The van der Waals surface area contributed by atoms with Crippen molar-refractivity contribution >= 4 is 17.9 Å². The molecule has 1 N–H and O–H groups in total. The number of esters is 2. The first-order chi connectivity index (χ1) is 47.1. The van der Waals surface area contributed by atoms with Gasteiger partial charge in [-0.15, -0.1) is 0 Å². The van der Waals surface area contributed by atoms with E-state index in [1.54, 1.807) is 0 Å². The highest BCUT2D eigenvalue weighted by molar-refractivity contribution is 5.71. The van der Waals surface area contributed by atoms with Gasteiger partial charge in [-0.05, 0) is 38.5 Å². The molecule has 0 heterocycles. The van der Waals surface area contributed by atoms with E-state index >= 15 is 0 Å². The molecule has 0 aromatic carbocycles. The summed E-state index contributed by atoms with van der Waals surface area (Å²) in [6.07, 6.45) is 97.0. The van der Waals surface area contributed by atoms with Crippen molar-refractivity contribution in [2.75, 3.05) is 47.5 Å². The number of aliphatic carboxylic acids is 1. The minimum absolute atomic E-state index is 0.173. The van der Waals surface area contributed by atoms with Gasteiger partial charge in [0.15, 0.2) is 6.10 Å². The smallest absolute Gasteiger partial charge is 0.361 e. The monoisotopic (exact) mass is 1360 g/mol. The van der Waals surface area contributed by atoms with Crippen LogP contribution in [0.25, 0.3) is 0 Å². The van der Waals surface area contributed by atoms with E-state index < -0.39 is 18.4 Å². The Labute approximate surface area is 599 Å². The van der Waals surface area contributed by atoms with Gasteiger partial charge in [0.25, 0.3) is 6.29 Å². The highest BCUT2D eigenvalue weighted by Crippen LogP contribution is 2.21. The molecule has 0 spiro atoms. The number of unbranched alkanes of at least 4 members (excludes halogenated alkanes) is 66. The van der Waals surface area contributed by atoms with Crippen LogP contribution in [0, 0.1) is 0 Å². The lowest BCUT2D eigenvalue weighted by molar-refractivity contribution is -0.870. The Balaban J connectivity index is 3.91. The number of allylic oxidation sites excluding steroid dienone is 2. The van der Waals surface area contributed by atoms with Crippen LogP contribution in [-0.2, 0) is 33.3 Å². The van der Waals surface area contributed by atoms with Crippen molar-refractivity contribution in [1.82, 2.24) is 0 Å². The Hall–Kier alpha value is -1.97. The Morgan fingerprint density at radius 3 is 0.771 bits per heavy atom. The Morgan fingerprint density at radius 2 is 0.531 bits per heavy atom. The number of quaternary nitrogens is 1. The average Bonchev–Trinajstić information content (AvgIpc) is 2.43. The van der Waals surface area contributed by atoms with Crippen LogP contribution in [0.1, 0.15) is 470 Å². The Morgan fingerprint density at radius 1 is 0.302 bits per heavy atom. The predicted molar refractivity (Wildman–Crippen MR) is 415 cm³/mol. The summed E-state index contributed by atoms with van der Waals surface area (Å²) in [5, 5.41) is 9.79. The van der Waals surface area contributed by atoms with E-state index in [9.17, 15) is 19.5 Å². The van der Waals surface area contributed by atoms with E-state index in [-0.39, 0.29) is 38.2 Å². The number of carboxylic acids is 1. The Kier molecular flexibility index (Phi) is 77.1. The molecule has 0 fully saturated rings. The van der Waals surface area contributed by atoms with Crippen LogP contribution in [0.4, 0.5) is 0 Å². The van der Waals surface area contributed by atoms with E-state index in [1.807, 2.05) is 21.1 Å². The number of hydrogen-bond donors (Lipinski definition) is 1. The fourth-order valence-electron chi connectivity index (χ4n) is 13.7. The lowest BCUT2D eigenvalue weighted by Crippen LogP contribution is -2.40. The zero-order valence-electron chi connectivity index (χ0n) is 65.6. The summed E-state index contributed by atoms with van der Waals surface area (Å²) in [6, 6.07) is 0. The van der Waals surface area contributed by atoms with Crippen molar-refractivity contribution in [1.29, 1.82) is 0 Å². The van der Waals surface area contributed by atoms with Crippen LogP contribution in [0.5, 0.6) is 0 Å². The van der Waals surface area contributed by atoms with Gasteiger partial charge in [-0.3, -0.25) is 9.59 Å². The summed E-state index contributed by atoms with van der Waals surface area (Å²) in [5.41, 5.74) is 0. The predicted octanol–water partition coefficient (Wildman–Crippen LogP) is 27.9. The molecular formula is C87H170NO8+. The second-order valence-corrected chi connectivity index (χ2v) is 31.2. The highest BCUT2D eigenvalue weighted by atomic mass is 16.7. The molecule has 0 aromatic heterocycles. The topological polar surface area (TPSA) is 108 Å². The normalized spacial score (nSPS) is 12.6. The van der Waals surface area contributed by atoms with Crippen LogP contribution in [-0.4, -0.2) is 87.4 Å². The maximum Gasteiger partial charge on any atom is 0.361 e. The van der Waals surface area contributed by atoms with Crippen molar-refractivity contribution in [3.63, 3.8) is 0 Å². The molecule has 0 amide bonds. The van der Waals surface area contributed by atoms with Gasteiger partial charge in [-0.2, -0.15) is 0 Å². The molecule has 0 rings (SSSR count). The van der Waals surface area contributed by atoms with Gasteiger partial charge in [-0.25, -0.2) is 4.79 Å². The standard InChI is InChI=1S/C87H169NO8/c1-6-8-10-12-14-16-18-20-22-24-26-28-30-32-34-36-38-40-42-44-45-47-49-51-53-55-57-59-61-63-65-67-69-71-73-75-77-84(89)94-81-83(82-95-87(86(91)92)93-80-79-88(3,4)5)96-85(90)78-76-74-72-70-68-66-64-62-60-58-56-54-52-50-48-46-43-41-39-37-35-33-31-29-27-25-23-21-19-17-15-13-11-9-7-2/h25,27,83,87H,6-24,26,28-82H2,1-5H3/p+1/b27-25-. The average molecular weight is 1360 g/mol. The number of carboxylic acid groups (broad SMARTS) is 1. The van der Waals surface area contributed by atoms with E-state index in [0.717, 1.165) is 38.5 Å². The van der Waals surface area contributed by atoms with Gasteiger partial charge in [-0.1, -0.05) is 431 Å². The molecule has 9 nitrogen and oxygen atoms in total. The molecule has 2 atom stereocenters. The summed E-state index contributed by atoms with van der Waals surface area (Å²) in [7, 11) is 6.01. The maximum atomic E-state index is 13.0. The van der Waals surface area contributed by atoms with Crippen LogP contribution < -0.4 is 0 Å². The number of hydrogen-bond acceptors (Lipinski definition) is 7. The van der Waals surface area contributed by atoms with Gasteiger partial charge >= 0.3 is 17.9 Å². The van der Waals surface area contributed by atoms with Crippen LogP contribution in [0.3, 0.4) is 0 Å². The lowest BCUT2D eigenvalue weighted by Gasteiger charge is -2.25. The number of nitrogens with zero attached hydrogens (tertiary/aromatic N) is 1. The molecule has 0 aliphatic rings. The largest absolute Gasteiger partial charge is 0.477 e. The summed E-state index contributed by atoms with van der Waals surface area (Å²) in [5.74, 6) is -1.96. The van der Waals surface area contributed by atoms with Crippen LogP contribution >= 0.6 is 0 Å². The fraction of sp³-hybridized carbons (Fsp3) is 0.943. The number of ether oxygens (including phenoxy) is 4. The second-order valence-electron chi connectivity index (χ2n) is 31.2. The number of rotatable bonds is 83. The van der Waals surface area contributed by atoms with Crippen molar-refractivity contribution in [2.45, 2.75) is 482 Å². The lowest BCUT2D eigenvalue weighted by atomic mass is 10.0. The quantitative estimate of drug-likeness (QED) is 0.0211. The molecule has 0 aromatic rings. The third-order valence-electron chi connectivity index (χ3n) is 20.3. The van der Waals surface area contributed by atoms with Gasteiger partial charge < -0.3 is 28.5 Å². The molecule has 9 heteroatoms. The first-order valence-electron chi connectivity index (χ1n) is 43.4. The fourth-order valence-corrected chi connectivity index (χ4v) is 13.7.